The van der Waals surface area contributed by atoms with Gasteiger partial charge in [-0.3, -0.25) is 9.59 Å². The molecule has 7 nitrogen and oxygen atoms in total. The summed E-state index contributed by atoms with van der Waals surface area (Å²) in [6.45, 7) is 2.53. The van der Waals surface area contributed by atoms with E-state index < -0.39 is 0 Å². The largest absolute Gasteiger partial charge is 0.347 e. The predicted molar refractivity (Wildman–Crippen MR) is 82.1 cm³/mol. The summed E-state index contributed by atoms with van der Waals surface area (Å²) in [6.07, 6.45) is 4.33. The summed E-state index contributed by atoms with van der Waals surface area (Å²) >= 11 is 0. The van der Waals surface area contributed by atoms with Gasteiger partial charge in [0.25, 0.3) is 0 Å². The summed E-state index contributed by atoms with van der Waals surface area (Å²) in [5.74, 6) is -0.352. The number of aromatic nitrogens is 3. The lowest BCUT2D eigenvalue weighted by Gasteiger charge is -2.07. The van der Waals surface area contributed by atoms with Crippen LogP contribution >= 0.6 is 0 Å². The van der Waals surface area contributed by atoms with Gasteiger partial charge in [0.05, 0.1) is 13.1 Å². The fraction of sp³-hybridized carbons (Fsp3) is 0.333. The van der Waals surface area contributed by atoms with Gasteiger partial charge in [0, 0.05) is 12.1 Å². The number of carbonyl (C=O) groups excluding carboxylic acids is 2. The van der Waals surface area contributed by atoms with E-state index in [2.05, 4.69) is 20.7 Å². The standard InChI is InChI=1S/C15H19N5O2/c1-2-3-14(21)17-8-15(22)19-13-6-4-12(5-7-13)9-20-11-16-10-18-20/h4-7,10-11H,2-3,8-9H2,1H3,(H,17,21)(H,19,22). The lowest BCUT2D eigenvalue weighted by molar-refractivity contribution is -0.124. The molecule has 0 saturated carbocycles. The van der Waals surface area contributed by atoms with Gasteiger partial charge in [-0.2, -0.15) is 5.10 Å². The van der Waals surface area contributed by atoms with E-state index in [1.807, 2.05) is 31.2 Å². The van der Waals surface area contributed by atoms with Crippen molar-refractivity contribution in [1.82, 2.24) is 20.1 Å². The van der Waals surface area contributed by atoms with Crippen LogP contribution in [0.1, 0.15) is 25.3 Å². The van der Waals surface area contributed by atoms with Gasteiger partial charge < -0.3 is 10.6 Å². The molecule has 2 N–H and O–H groups in total. The van der Waals surface area contributed by atoms with Crippen molar-refractivity contribution < 1.29 is 9.59 Å². The van der Waals surface area contributed by atoms with E-state index in [1.165, 1.54) is 6.33 Å². The summed E-state index contributed by atoms with van der Waals surface area (Å²) in [7, 11) is 0. The molecule has 1 aromatic heterocycles. The number of hydrogen-bond acceptors (Lipinski definition) is 4. The summed E-state index contributed by atoms with van der Waals surface area (Å²) < 4.78 is 1.72. The molecule has 7 heteroatoms. The number of hydrogen-bond donors (Lipinski definition) is 2. The number of anilines is 1. The van der Waals surface area contributed by atoms with E-state index in [1.54, 1.807) is 11.0 Å². The first-order valence-corrected chi connectivity index (χ1v) is 7.15. The van der Waals surface area contributed by atoms with Gasteiger partial charge in [-0.25, -0.2) is 9.67 Å². The molecule has 0 fully saturated rings. The Morgan fingerprint density at radius 1 is 1.18 bits per heavy atom. The average Bonchev–Trinajstić information content (AvgIpc) is 3.00. The fourth-order valence-electron chi connectivity index (χ4n) is 1.89. The Morgan fingerprint density at radius 3 is 2.59 bits per heavy atom. The maximum atomic E-state index is 11.7. The number of benzene rings is 1. The molecule has 116 valence electrons. The monoisotopic (exact) mass is 301 g/mol. The molecular weight excluding hydrogens is 282 g/mol. The van der Waals surface area contributed by atoms with Gasteiger partial charge in [0.1, 0.15) is 12.7 Å². The molecule has 2 amide bonds. The SMILES string of the molecule is CCCC(=O)NCC(=O)Nc1ccc(Cn2cncn2)cc1. The molecule has 22 heavy (non-hydrogen) atoms. The summed E-state index contributed by atoms with van der Waals surface area (Å²) in [5.41, 5.74) is 1.75. The molecule has 1 aromatic carbocycles. The van der Waals surface area contributed by atoms with Crippen LogP contribution < -0.4 is 10.6 Å². The smallest absolute Gasteiger partial charge is 0.243 e. The molecule has 2 aromatic rings. The van der Waals surface area contributed by atoms with Gasteiger partial charge >= 0.3 is 0 Å². The van der Waals surface area contributed by atoms with Gasteiger partial charge in [0.2, 0.25) is 11.8 Å². The van der Waals surface area contributed by atoms with Crippen molar-refractivity contribution in [2.45, 2.75) is 26.3 Å². The maximum Gasteiger partial charge on any atom is 0.243 e. The number of nitrogens with one attached hydrogen (secondary N) is 2. The van der Waals surface area contributed by atoms with Gasteiger partial charge in [-0.15, -0.1) is 0 Å². The average molecular weight is 301 g/mol. The van der Waals surface area contributed by atoms with E-state index >= 15 is 0 Å². The number of nitrogens with zero attached hydrogens (tertiary/aromatic N) is 3. The molecule has 2 rings (SSSR count). The van der Waals surface area contributed by atoms with Gasteiger partial charge in [-0.1, -0.05) is 19.1 Å². The highest BCUT2D eigenvalue weighted by molar-refractivity contribution is 5.94. The minimum absolute atomic E-state index is 0.0143. The van der Waals surface area contributed by atoms with Crippen molar-refractivity contribution in [3.63, 3.8) is 0 Å². The molecule has 0 radical (unpaired) electrons. The van der Waals surface area contributed by atoms with Crippen LogP contribution in [0.5, 0.6) is 0 Å². The lowest BCUT2D eigenvalue weighted by atomic mass is 10.2. The second-order valence-electron chi connectivity index (χ2n) is 4.86. The van der Waals surface area contributed by atoms with Crippen LogP contribution in [0, 0.1) is 0 Å². The number of amides is 2. The molecule has 0 unspecified atom stereocenters. The third-order valence-corrected chi connectivity index (χ3v) is 2.97. The van der Waals surface area contributed by atoms with Crippen LogP contribution in [-0.2, 0) is 16.1 Å². The van der Waals surface area contributed by atoms with Crippen LogP contribution in [0.15, 0.2) is 36.9 Å². The first kappa shape index (κ1) is 15.7. The zero-order chi connectivity index (χ0) is 15.8. The predicted octanol–water partition coefficient (Wildman–Crippen LogP) is 1.18. The molecular formula is C15H19N5O2. The number of carbonyl (C=O) groups is 2. The zero-order valence-electron chi connectivity index (χ0n) is 12.5. The van der Waals surface area contributed by atoms with E-state index in [0.29, 0.717) is 18.7 Å². The van der Waals surface area contributed by atoms with E-state index in [0.717, 1.165) is 12.0 Å². The van der Waals surface area contributed by atoms with Crippen molar-refractivity contribution in [1.29, 1.82) is 0 Å². The first-order chi connectivity index (χ1) is 10.7. The highest BCUT2D eigenvalue weighted by Crippen LogP contribution is 2.10. The highest BCUT2D eigenvalue weighted by atomic mass is 16.2. The molecule has 0 aliphatic rings. The van der Waals surface area contributed by atoms with Gasteiger partial charge in [0.15, 0.2) is 0 Å². The van der Waals surface area contributed by atoms with Crippen molar-refractivity contribution in [3.8, 4) is 0 Å². The van der Waals surface area contributed by atoms with Crippen LogP contribution in [0.25, 0.3) is 0 Å². The summed E-state index contributed by atoms with van der Waals surface area (Å²) in [4.78, 5) is 26.9. The Balaban J connectivity index is 1.80. The third kappa shape index (κ3) is 5.01. The lowest BCUT2D eigenvalue weighted by Crippen LogP contribution is -2.32. The van der Waals surface area contributed by atoms with E-state index in [9.17, 15) is 9.59 Å². The first-order valence-electron chi connectivity index (χ1n) is 7.15. The Hall–Kier alpha value is -2.70. The van der Waals surface area contributed by atoms with Crippen LogP contribution in [0.3, 0.4) is 0 Å². The van der Waals surface area contributed by atoms with Crippen molar-refractivity contribution in [2.24, 2.45) is 0 Å². The molecule has 0 aliphatic heterocycles. The van der Waals surface area contributed by atoms with Crippen LogP contribution in [0.2, 0.25) is 0 Å². The Bertz CT molecular complexity index is 607. The molecule has 0 bridgehead atoms. The molecule has 0 saturated heterocycles. The second kappa shape index (κ2) is 7.92. The van der Waals surface area contributed by atoms with Gasteiger partial charge in [-0.05, 0) is 24.1 Å². The molecule has 0 spiro atoms. The van der Waals surface area contributed by atoms with Crippen LogP contribution in [-0.4, -0.2) is 33.1 Å². The minimum atomic E-state index is -0.242. The van der Waals surface area contributed by atoms with E-state index in [4.69, 9.17) is 0 Å². The molecule has 0 atom stereocenters. The second-order valence-corrected chi connectivity index (χ2v) is 4.86. The Morgan fingerprint density at radius 2 is 1.95 bits per heavy atom. The summed E-state index contributed by atoms with van der Waals surface area (Å²) in [5, 5.41) is 9.35. The number of rotatable bonds is 7. The van der Waals surface area contributed by atoms with Crippen molar-refractivity contribution in [2.75, 3.05) is 11.9 Å². The summed E-state index contributed by atoms with van der Waals surface area (Å²) in [6, 6.07) is 7.45. The fourth-order valence-corrected chi connectivity index (χ4v) is 1.89. The zero-order valence-corrected chi connectivity index (χ0v) is 12.5. The Kier molecular flexibility index (Phi) is 5.65. The molecule has 0 aliphatic carbocycles. The normalized spacial score (nSPS) is 10.2. The third-order valence-electron chi connectivity index (χ3n) is 2.97. The topological polar surface area (TPSA) is 88.9 Å². The Labute approximate surface area is 128 Å². The highest BCUT2D eigenvalue weighted by Gasteiger charge is 2.05. The molecule has 1 heterocycles. The van der Waals surface area contributed by atoms with Crippen molar-refractivity contribution in [3.05, 3.63) is 42.5 Å². The van der Waals surface area contributed by atoms with Crippen LogP contribution in [0.4, 0.5) is 5.69 Å². The van der Waals surface area contributed by atoms with E-state index in [-0.39, 0.29) is 18.4 Å². The minimum Gasteiger partial charge on any atom is -0.347 e. The quantitative estimate of drug-likeness (QED) is 0.803. The van der Waals surface area contributed by atoms with Crippen molar-refractivity contribution >= 4 is 17.5 Å². The maximum absolute atomic E-state index is 11.7.